The van der Waals surface area contributed by atoms with Gasteiger partial charge in [0.05, 0.1) is 23.6 Å². The maximum Gasteiger partial charge on any atom is 0.227 e. The minimum Gasteiger partial charge on any atom is -0.359 e. The molecule has 0 N–H and O–H groups in total. The van der Waals surface area contributed by atoms with Crippen molar-refractivity contribution in [3.63, 3.8) is 0 Å². The maximum absolute atomic E-state index is 12.4. The summed E-state index contributed by atoms with van der Waals surface area (Å²) in [5.41, 5.74) is 2.06. The zero-order chi connectivity index (χ0) is 19.4. The van der Waals surface area contributed by atoms with Gasteiger partial charge in [-0.1, -0.05) is 23.4 Å². The van der Waals surface area contributed by atoms with Gasteiger partial charge in [0, 0.05) is 25.6 Å². The third-order valence-corrected chi connectivity index (χ3v) is 5.14. The summed E-state index contributed by atoms with van der Waals surface area (Å²) in [6.45, 7) is 0.278. The van der Waals surface area contributed by atoms with Crippen molar-refractivity contribution in [2.45, 2.75) is 17.9 Å². The monoisotopic (exact) mass is 385 g/mol. The Hall–Kier alpha value is -3.00. The Morgan fingerprint density at radius 1 is 1.11 bits per heavy atom. The summed E-state index contributed by atoms with van der Waals surface area (Å²) < 4.78 is 28.3. The van der Waals surface area contributed by atoms with Gasteiger partial charge in [-0.3, -0.25) is 9.78 Å². The largest absolute Gasteiger partial charge is 0.359 e. The fraction of sp³-hybridized carbons (Fsp3) is 0.211. The van der Waals surface area contributed by atoms with E-state index in [1.807, 2.05) is 18.2 Å². The van der Waals surface area contributed by atoms with Crippen molar-refractivity contribution < 1.29 is 17.7 Å². The van der Waals surface area contributed by atoms with Gasteiger partial charge >= 0.3 is 0 Å². The summed E-state index contributed by atoms with van der Waals surface area (Å²) in [5, 5.41) is 3.98. The Kier molecular flexibility index (Phi) is 5.36. The first-order valence-corrected chi connectivity index (χ1v) is 10.1. The number of likely N-dealkylation sites (N-methyl/N-ethyl adjacent to an activating group) is 1. The molecule has 8 heteroatoms. The molecule has 0 saturated heterocycles. The molecule has 0 atom stereocenters. The van der Waals surface area contributed by atoms with E-state index in [4.69, 9.17) is 4.52 Å². The Labute approximate surface area is 157 Å². The molecule has 7 nitrogen and oxygen atoms in total. The molecule has 140 valence electrons. The summed E-state index contributed by atoms with van der Waals surface area (Å²) in [4.78, 5) is 18.4. The van der Waals surface area contributed by atoms with Crippen molar-refractivity contribution in [3.8, 4) is 11.4 Å². The molecule has 3 aromatic rings. The van der Waals surface area contributed by atoms with Crippen LogP contribution >= 0.6 is 0 Å². The minimum atomic E-state index is -3.25. The van der Waals surface area contributed by atoms with Crippen LogP contribution in [0, 0.1) is 0 Å². The summed E-state index contributed by atoms with van der Waals surface area (Å²) in [6.07, 6.45) is 2.99. The van der Waals surface area contributed by atoms with Crippen LogP contribution in [0.2, 0.25) is 0 Å². The van der Waals surface area contributed by atoms with Crippen LogP contribution in [0.1, 0.15) is 11.3 Å². The Morgan fingerprint density at radius 3 is 2.48 bits per heavy atom. The van der Waals surface area contributed by atoms with E-state index in [9.17, 15) is 13.2 Å². The molecule has 1 aromatic carbocycles. The highest BCUT2D eigenvalue weighted by Gasteiger charge is 2.15. The van der Waals surface area contributed by atoms with Crippen LogP contribution in [0.4, 0.5) is 0 Å². The van der Waals surface area contributed by atoms with Gasteiger partial charge in [-0.15, -0.1) is 0 Å². The number of rotatable bonds is 6. The molecule has 0 aliphatic heterocycles. The Morgan fingerprint density at radius 2 is 1.85 bits per heavy atom. The smallest absolute Gasteiger partial charge is 0.227 e. The lowest BCUT2D eigenvalue weighted by atomic mass is 10.1. The van der Waals surface area contributed by atoms with E-state index in [1.54, 1.807) is 31.4 Å². The second-order valence-electron chi connectivity index (χ2n) is 6.24. The molecule has 2 heterocycles. The highest BCUT2D eigenvalue weighted by Crippen LogP contribution is 2.17. The number of carbonyl (C=O) groups is 1. The molecule has 0 unspecified atom stereocenters. The van der Waals surface area contributed by atoms with Crippen LogP contribution in [0.25, 0.3) is 11.4 Å². The van der Waals surface area contributed by atoms with Crippen molar-refractivity contribution in [2.75, 3.05) is 13.3 Å². The molecule has 3 rings (SSSR count). The van der Waals surface area contributed by atoms with E-state index in [0.29, 0.717) is 17.1 Å². The third kappa shape index (κ3) is 4.79. The molecule has 0 fully saturated rings. The van der Waals surface area contributed by atoms with Crippen molar-refractivity contribution in [2.24, 2.45) is 0 Å². The number of hydrogen-bond donors (Lipinski definition) is 0. The van der Waals surface area contributed by atoms with Gasteiger partial charge in [0.25, 0.3) is 0 Å². The lowest BCUT2D eigenvalue weighted by molar-refractivity contribution is -0.129. The molecular weight excluding hydrogens is 366 g/mol. The van der Waals surface area contributed by atoms with Gasteiger partial charge in [-0.25, -0.2) is 8.42 Å². The first-order chi connectivity index (χ1) is 12.8. The average Bonchev–Trinajstić information content (AvgIpc) is 3.10. The Bertz CT molecular complexity index is 1030. The van der Waals surface area contributed by atoms with Crippen LogP contribution in [-0.4, -0.2) is 42.7 Å². The number of benzene rings is 1. The molecule has 0 saturated carbocycles. The molecule has 0 bridgehead atoms. The van der Waals surface area contributed by atoms with Crippen molar-refractivity contribution >= 4 is 15.7 Å². The van der Waals surface area contributed by atoms with Crippen molar-refractivity contribution in [1.82, 2.24) is 15.0 Å². The number of amides is 1. The summed E-state index contributed by atoms with van der Waals surface area (Å²) in [5.74, 6) is 0.441. The van der Waals surface area contributed by atoms with Gasteiger partial charge in [0.1, 0.15) is 5.69 Å². The standard InChI is InChI=1S/C19H19N3O4S/c1-22(13-15-12-18(21-26-15)17-5-3-4-10-20-17)19(23)11-14-6-8-16(9-7-14)27(2,24)25/h3-10,12H,11,13H2,1-2H3. The second-order valence-corrected chi connectivity index (χ2v) is 8.25. The van der Waals surface area contributed by atoms with E-state index in [1.165, 1.54) is 17.0 Å². The molecule has 0 radical (unpaired) electrons. The number of carbonyl (C=O) groups excluding carboxylic acids is 1. The first kappa shape index (κ1) is 18.8. The molecule has 0 aliphatic rings. The number of hydrogen-bond acceptors (Lipinski definition) is 6. The van der Waals surface area contributed by atoms with Crippen LogP contribution in [0.3, 0.4) is 0 Å². The van der Waals surface area contributed by atoms with Crippen LogP contribution in [-0.2, 0) is 27.6 Å². The van der Waals surface area contributed by atoms with Crippen LogP contribution in [0.15, 0.2) is 64.1 Å². The van der Waals surface area contributed by atoms with Gasteiger partial charge < -0.3 is 9.42 Å². The lowest BCUT2D eigenvalue weighted by Gasteiger charge is -2.15. The van der Waals surface area contributed by atoms with Gasteiger partial charge in [0.15, 0.2) is 15.6 Å². The fourth-order valence-corrected chi connectivity index (χ4v) is 3.14. The predicted molar refractivity (Wildman–Crippen MR) is 99.5 cm³/mol. The zero-order valence-corrected chi connectivity index (χ0v) is 15.8. The average molecular weight is 385 g/mol. The summed E-state index contributed by atoms with van der Waals surface area (Å²) in [7, 11) is -1.57. The minimum absolute atomic E-state index is 0.113. The van der Waals surface area contributed by atoms with Gasteiger partial charge in [-0.05, 0) is 29.8 Å². The van der Waals surface area contributed by atoms with E-state index in [-0.39, 0.29) is 23.8 Å². The SMILES string of the molecule is CN(Cc1cc(-c2ccccn2)no1)C(=O)Cc1ccc(S(C)(=O)=O)cc1. The van der Waals surface area contributed by atoms with Gasteiger partial charge in [-0.2, -0.15) is 0 Å². The highest BCUT2D eigenvalue weighted by atomic mass is 32.2. The second kappa shape index (κ2) is 7.71. The van der Waals surface area contributed by atoms with Crippen molar-refractivity contribution in [1.29, 1.82) is 0 Å². The van der Waals surface area contributed by atoms with Crippen LogP contribution < -0.4 is 0 Å². The summed E-state index contributed by atoms with van der Waals surface area (Å²) >= 11 is 0. The molecule has 1 amide bonds. The first-order valence-electron chi connectivity index (χ1n) is 8.23. The zero-order valence-electron chi connectivity index (χ0n) is 15.0. The predicted octanol–water partition coefficient (Wildman–Crippen LogP) is 2.34. The molecule has 0 spiro atoms. The molecule has 27 heavy (non-hydrogen) atoms. The topological polar surface area (TPSA) is 93.4 Å². The number of aromatic nitrogens is 2. The van der Waals surface area contributed by atoms with E-state index >= 15 is 0 Å². The number of sulfone groups is 1. The quantitative estimate of drug-likeness (QED) is 0.647. The molecule has 2 aromatic heterocycles. The lowest BCUT2D eigenvalue weighted by Crippen LogP contribution is -2.27. The van der Waals surface area contributed by atoms with Gasteiger partial charge in [0.2, 0.25) is 5.91 Å². The third-order valence-electron chi connectivity index (χ3n) is 4.01. The van der Waals surface area contributed by atoms with E-state index in [0.717, 1.165) is 11.8 Å². The summed E-state index contributed by atoms with van der Waals surface area (Å²) in [6, 6.07) is 13.6. The van der Waals surface area contributed by atoms with E-state index in [2.05, 4.69) is 10.1 Å². The van der Waals surface area contributed by atoms with Crippen molar-refractivity contribution in [3.05, 3.63) is 66.1 Å². The number of pyridine rings is 1. The molecular formula is C19H19N3O4S. The van der Waals surface area contributed by atoms with E-state index < -0.39 is 9.84 Å². The van der Waals surface area contributed by atoms with Crippen LogP contribution in [0.5, 0.6) is 0 Å². The highest BCUT2D eigenvalue weighted by molar-refractivity contribution is 7.90. The fourth-order valence-electron chi connectivity index (χ4n) is 2.51. The maximum atomic E-state index is 12.4. The normalized spacial score (nSPS) is 11.3. The molecule has 0 aliphatic carbocycles. The number of nitrogens with zero attached hydrogens (tertiary/aromatic N) is 3. The Balaban J connectivity index is 1.62.